The highest BCUT2D eigenvalue weighted by Crippen LogP contribution is 2.36. The molecular weight excluding hydrogens is 336 g/mol. The van der Waals surface area contributed by atoms with Crippen molar-refractivity contribution in [3.8, 4) is 0 Å². The van der Waals surface area contributed by atoms with Crippen LogP contribution < -0.4 is 5.32 Å². The molecule has 2 rings (SSSR count). The van der Waals surface area contributed by atoms with E-state index in [1.807, 2.05) is 30.3 Å². The average molecular weight is 367 g/mol. The summed E-state index contributed by atoms with van der Waals surface area (Å²) in [5, 5.41) is 3.08. The van der Waals surface area contributed by atoms with Gasteiger partial charge >= 0.3 is 0 Å². The molecule has 1 aliphatic heterocycles. The van der Waals surface area contributed by atoms with Gasteiger partial charge in [-0.2, -0.15) is 0 Å². The highest BCUT2D eigenvalue weighted by Gasteiger charge is 2.44. The van der Waals surface area contributed by atoms with E-state index in [9.17, 15) is 13.2 Å². The summed E-state index contributed by atoms with van der Waals surface area (Å²) in [4.78, 5) is 13.0. The Morgan fingerprint density at radius 3 is 2.32 bits per heavy atom. The number of amides is 1. The molecule has 5 nitrogen and oxygen atoms in total. The van der Waals surface area contributed by atoms with E-state index in [1.165, 1.54) is 4.31 Å². The molecular formula is C19H30N2O3S. The molecule has 6 heteroatoms. The Morgan fingerprint density at radius 2 is 1.80 bits per heavy atom. The summed E-state index contributed by atoms with van der Waals surface area (Å²) in [7, 11) is -3.21. The number of hydrogen-bond donors (Lipinski definition) is 1. The Hall–Kier alpha value is -1.40. The Morgan fingerprint density at radius 1 is 1.20 bits per heavy atom. The first-order valence-electron chi connectivity index (χ1n) is 9.13. The number of rotatable bonds is 7. The summed E-state index contributed by atoms with van der Waals surface area (Å²) in [6.45, 7) is 7.36. The summed E-state index contributed by atoms with van der Waals surface area (Å²) < 4.78 is 25.8. The van der Waals surface area contributed by atoms with Gasteiger partial charge in [-0.05, 0) is 37.7 Å². The molecule has 1 aromatic carbocycles. The summed E-state index contributed by atoms with van der Waals surface area (Å²) in [5.41, 5.74) is 0.337. The minimum absolute atomic E-state index is 0.0212. The molecule has 0 saturated carbocycles. The zero-order valence-electron chi connectivity index (χ0n) is 15.5. The number of nitrogens with zero attached hydrogens (tertiary/aromatic N) is 1. The summed E-state index contributed by atoms with van der Waals surface area (Å²) in [6.07, 6.45) is 1.97. The van der Waals surface area contributed by atoms with Gasteiger partial charge in [-0.3, -0.25) is 4.79 Å². The van der Waals surface area contributed by atoms with Crippen molar-refractivity contribution in [1.82, 2.24) is 9.62 Å². The van der Waals surface area contributed by atoms with E-state index in [0.717, 1.165) is 12.0 Å². The first-order chi connectivity index (χ1) is 11.8. The van der Waals surface area contributed by atoms with Crippen LogP contribution in [0.25, 0.3) is 0 Å². The molecule has 1 fully saturated rings. The number of carbonyl (C=O) groups is 1. The second-order valence-electron chi connectivity index (χ2n) is 7.19. The lowest BCUT2D eigenvalue weighted by atomic mass is 9.72. The van der Waals surface area contributed by atoms with Gasteiger partial charge in [0.2, 0.25) is 15.9 Å². The first-order valence-corrected chi connectivity index (χ1v) is 10.7. The van der Waals surface area contributed by atoms with Crippen LogP contribution in [0.1, 0.15) is 45.6 Å². The quantitative estimate of drug-likeness (QED) is 0.806. The van der Waals surface area contributed by atoms with E-state index >= 15 is 0 Å². The van der Waals surface area contributed by atoms with Crippen LogP contribution in [0.5, 0.6) is 0 Å². The fourth-order valence-corrected chi connectivity index (χ4v) is 4.48. The van der Waals surface area contributed by atoms with Crippen molar-refractivity contribution in [2.75, 3.05) is 25.4 Å². The fourth-order valence-electron chi connectivity index (χ4n) is 3.38. The normalized spacial score (nSPS) is 18.2. The molecule has 140 valence electrons. The van der Waals surface area contributed by atoms with Crippen LogP contribution in [0.3, 0.4) is 0 Å². The zero-order chi connectivity index (χ0) is 18.5. The lowest BCUT2D eigenvalue weighted by Gasteiger charge is -2.40. The minimum Gasteiger partial charge on any atom is -0.355 e. The molecule has 0 aromatic heterocycles. The number of piperidine rings is 1. The summed E-state index contributed by atoms with van der Waals surface area (Å²) >= 11 is 0. The van der Waals surface area contributed by atoms with Crippen LogP contribution in [-0.4, -0.2) is 44.0 Å². The van der Waals surface area contributed by atoms with Crippen molar-refractivity contribution in [1.29, 1.82) is 0 Å². The third-order valence-corrected chi connectivity index (χ3v) is 6.98. The second-order valence-corrected chi connectivity index (χ2v) is 9.44. The number of sulfonamides is 1. The van der Waals surface area contributed by atoms with Crippen LogP contribution >= 0.6 is 0 Å². The van der Waals surface area contributed by atoms with E-state index in [0.29, 0.717) is 38.4 Å². The molecule has 0 aliphatic carbocycles. The van der Waals surface area contributed by atoms with Crippen molar-refractivity contribution >= 4 is 15.9 Å². The third-order valence-electron chi connectivity index (χ3n) is 5.10. The molecule has 1 amide bonds. The third kappa shape index (κ3) is 4.61. The van der Waals surface area contributed by atoms with Crippen LogP contribution in [-0.2, 0) is 20.2 Å². The van der Waals surface area contributed by atoms with E-state index < -0.39 is 15.4 Å². The fraction of sp³-hybridized carbons (Fsp3) is 0.632. The molecule has 25 heavy (non-hydrogen) atoms. The second kappa shape index (κ2) is 8.32. The van der Waals surface area contributed by atoms with Gasteiger partial charge in [-0.15, -0.1) is 0 Å². The smallest absolute Gasteiger partial charge is 0.230 e. The Kier molecular flexibility index (Phi) is 6.63. The SMILES string of the molecule is CCS(=O)(=O)N1CCC(C(=O)NCCC(C)C)(c2ccccc2)CC1. The number of nitrogens with one attached hydrogen (secondary N) is 1. The van der Waals surface area contributed by atoms with Gasteiger partial charge in [0, 0.05) is 19.6 Å². The molecule has 1 saturated heterocycles. The van der Waals surface area contributed by atoms with Gasteiger partial charge in [0.1, 0.15) is 0 Å². The molecule has 1 heterocycles. The van der Waals surface area contributed by atoms with E-state index in [-0.39, 0.29) is 11.7 Å². The predicted octanol–water partition coefficient (Wildman–Crippen LogP) is 2.53. The molecule has 0 radical (unpaired) electrons. The minimum atomic E-state index is -3.21. The maximum Gasteiger partial charge on any atom is 0.230 e. The van der Waals surface area contributed by atoms with Crippen LogP contribution in [0.15, 0.2) is 30.3 Å². The van der Waals surface area contributed by atoms with Crippen molar-refractivity contribution in [3.05, 3.63) is 35.9 Å². The van der Waals surface area contributed by atoms with Gasteiger partial charge in [0.05, 0.1) is 11.2 Å². The number of hydrogen-bond acceptors (Lipinski definition) is 3. The Bertz CT molecular complexity index is 663. The summed E-state index contributed by atoms with van der Waals surface area (Å²) in [5.74, 6) is 0.656. The Labute approximate surface area is 151 Å². The van der Waals surface area contributed by atoms with Crippen molar-refractivity contribution < 1.29 is 13.2 Å². The standard InChI is InChI=1S/C19H30N2O3S/c1-4-25(23,24)21-14-11-19(12-15-21,17-8-6-5-7-9-17)18(22)20-13-10-16(2)3/h5-9,16H,4,10-15H2,1-3H3,(H,20,22). The zero-order valence-corrected chi connectivity index (χ0v) is 16.3. The van der Waals surface area contributed by atoms with E-state index in [4.69, 9.17) is 0 Å². The van der Waals surface area contributed by atoms with Gasteiger partial charge in [-0.1, -0.05) is 44.2 Å². The lowest BCUT2D eigenvalue weighted by Crippen LogP contribution is -2.53. The maximum absolute atomic E-state index is 13.0. The lowest BCUT2D eigenvalue weighted by molar-refractivity contribution is -0.128. The molecule has 0 atom stereocenters. The molecule has 0 spiro atoms. The maximum atomic E-state index is 13.0. The molecule has 0 unspecified atom stereocenters. The van der Waals surface area contributed by atoms with Gasteiger partial charge in [0.25, 0.3) is 0 Å². The van der Waals surface area contributed by atoms with Gasteiger partial charge in [0.15, 0.2) is 0 Å². The topological polar surface area (TPSA) is 66.5 Å². The van der Waals surface area contributed by atoms with Crippen molar-refractivity contribution in [2.24, 2.45) is 5.92 Å². The van der Waals surface area contributed by atoms with Crippen LogP contribution in [0.2, 0.25) is 0 Å². The number of benzene rings is 1. The molecule has 1 aliphatic rings. The molecule has 1 N–H and O–H groups in total. The van der Waals surface area contributed by atoms with Crippen LogP contribution in [0, 0.1) is 5.92 Å². The van der Waals surface area contributed by atoms with Crippen molar-refractivity contribution in [2.45, 2.75) is 45.4 Å². The first kappa shape index (κ1) is 19.9. The molecule has 0 bridgehead atoms. The van der Waals surface area contributed by atoms with E-state index in [2.05, 4.69) is 19.2 Å². The van der Waals surface area contributed by atoms with Crippen LogP contribution in [0.4, 0.5) is 0 Å². The van der Waals surface area contributed by atoms with Gasteiger partial charge in [-0.25, -0.2) is 12.7 Å². The predicted molar refractivity (Wildman–Crippen MR) is 101 cm³/mol. The number of carbonyl (C=O) groups excluding carboxylic acids is 1. The highest BCUT2D eigenvalue weighted by atomic mass is 32.2. The molecule has 1 aromatic rings. The largest absolute Gasteiger partial charge is 0.355 e. The summed E-state index contributed by atoms with van der Waals surface area (Å²) in [6, 6.07) is 9.77. The average Bonchev–Trinajstić information content (AvgIpc) is 2.62. The van der Waals surface area contributed by atoms with Crippen molar-refractivity contribution in [3.63, 3.8) is 0 Å². The van der Waals surface area contributed by atoms with E-state index in [1.54, 1.807) is 6.92 Å². The monoisotopic (exact) mass is 366 g/mol. The highest BCUT2D eigenvalue weighted by molar-refractivity contribution is 7.89. The van der Waals surface area contributed by atoms with Gasteiger partial charge < -0.3 is 5.32 Å². The Balaban J connectivity index is 2.20.